The summed E-state index contributed by atoms with van der Waals surface area (Å²) < 4.78 is 18.6. The molecule has 1 rings (SSSR count). The third-order valence-electron chi connectivity index (χ3n) is 1.71. The van der Waals surface area contributed by atoms with Crippen molar-refractivity contribution in [2.75, 3.05) is 13.7 Å². The van der Waals surface area contributed by atoms with Crippen LogP contribution in [0, 0.1) is 5.82 Å². The van der Waals surface area contributed by atoms with Crippen molar-refractivity contribution in [3.8, 4) is 0 Å². The van der Waals surface area contributed by atoms with E-state index in [0.29, 0.717) is 10.0 Å². The summed E-state index contributed by atoms with van der Waals surface area (Å²) >= 11 is 3.14. The number of hydrogen-bond donors (Lipinski definition) is 0. The van der Waals surface area contributed by atoms with Gasteiger partial charge in [-0.1, -0.05) is 22.0 Å². The van der Waals surface area contributed by atoms with Crippen LogP contribution in [0.25, 0.3) is 0 Å². The van der Waals surface area contributed by atoms with Gasteiger partial charge in [-0.3, -0.25) is 4.79 Å². The number of Topliss-reactive ketones (excluding diaryl/α,β-unsaturated/α-hetero) is 1. The van der Waals surface area contributed by atoms with Crippen molar-refractivity contribution in [2.24, 2.45) is 0 Å². The first-order valence-electron chi connectivity index (χ1n) is 4.08. The average Bonchev–Trinajstić information content (AvgIpc) is 2.10. The smallest absolute Gasteiger partial charge is 0.162 e. The molecular weight excluding hydrogens is 251 g/mol. The molecule has 0 heterocycles. The van der Waals surface area contributed by atoms with Crippen molar-refractivity contribution in [3.05, 3.63) is 34.1 Å². The molecule has 0 spiro atoms. The number of hydrogen-bond acceptors (Lipinski definition) is 2. The van der Waals surface area contributed by atoms with Crippen LogP contribution in [-0.2, 0) is 16.0 Å². The van der Waals surface area contributed by atoms with E-state index in [1.807, 2.05) is 0 Å². The number of carbonyl (C=O) groups is 1. The molecule has 0 radical (unpaired) electrons. The highest BCUT2D eigenvalue weighted by Crippen LogP contribution is 2.15. The zero-order valence-electron chi connectivity index (χ0n) is 7.72. The number of halogens is 2. The van der Waals surface area contributed by atoms with Crippen LogP contribution in [-0.4, -0.2) is 19.5 Å². The van der Waals surface area contributed by atoms with Crippen LogP contribution < -0.4 is 0 Å². The monoisotopic (exact) mass is 260 g/mol. The fourth-order valence-electron chi connectivity index (χ4n) is 1.09. The normalized spacial score (nSPS) is 10.2. The maximum Gasteiger partial charge on any atom is 0.162 e. The van der Waals surface area contributed by atoms with Crippen LogP contribution >= 0.6 is 15.9 Å². The van der Waals surface area contributed by atoms with Crippen LogP contribution in [0.5, 0.6) is 0 Å². The second-order valence-electron chi connectivity index (χ2n) is 2.88. The Morgan fingerprint density at radius 2 is 2.29 bits per heavy atom. The first-order valence-corrected chi connectivity index (χ1v) is 4.87. The van der Waals surface area contributed by atoms with Crippen LogP contribution in [0.4, 0.5) is 4.39 Å². The van der Waals surface area contributed by atoms with Crippen molar-refractivity contribution in [1.29, 1.82) is 0 Å². The van der Waals surface area contributed by atoms with Gasteiger partial charge in [0, 0.05) is 18.0 Å². The zero-order valence-corrected chi connectivity index (χ0v) is 9.30. The molecule has 4 heteroatoms. The Balaban J connectivity index is 2.72. The molecule has 0 saturated carbocycles. The highest BCUT2D eigenvalue weighted by atomic mass is 79.9. The van der Waals surface area contributed by atoms with Crippen LogP contribution in [0.2, 0.25) is 0 Å². The molecule has 0 amide bonds. The van der Waals surface area contributed by atoms with Gasteiger partial charge in [0.15, 0.2) is 5.78 Å². The summed E-state index contributed by atoms with van der Waals surface area (Å²) in [6.45, 7) is 0.0233. The van der Waals surface area contributed by atoms with Gasteiger partial charge in [0.25, 0.3) is 0 Å². The van der Waals surface area contributed by atoms with Gasteiger partial charge in [-0.2, -0.15) is 0 Å². The summed E-state index contributed by atoms with van der Waals surface area (Å²) in [5.74, 6) is -0.502. The summed E-state index contributed by atoms with van der Waals surface area (Å²) in [5.41, 5.74) is 0.398. The highest BCUT2D eigenvalue weighted by molar-refractivity contribution is 9.10. The number of rotatable bonds is 4. The molecule has 1 aromatic rings. The van der Waals surface area contributed by atoms with Crippen molar-refractivity contribution < 1.29 is 13.9 Å². The molecule has 0 aliphatic heterocycles. The molecule has 2 nitrogen and oxygen atoms in total. The predicted molar refractivity (Wildman–Crippen MR) is 54.7 cm³/mol. The molecule has 14 heavy (non-hydrogen) atoms. The molecule has 0 atom stereocenters. The minimum atomic E-state index is -0.371. The van der Waals surface area contributed by atoms with E-state index in [2.05, 4.69) is 20.7 Å². The van der Waals surface area contributed by atoms with Crippen LogP contribution in [0.3, 0.4) is 0 Å². The van der Waals surface area contributed by atoms with Crippen molar-refractivity contribution in [3.63, 3.8) is 0 Å². The second-order valence-corrected chi connectivity index (χ2v) is 3.80. The largest absolute Gasteiger partial charge is 0.377 e. The Bertz CT molecular complexity index is 339. The van der Waals surface area contributed by atoms with Gasteiger partial charge in [0.05, 0.1) is 0 Å². The van der Waals surface area contributed by atoms with E-state index in [4.69, 9.17) is 0 Å². The Morgan fingerprint density at radius 3 is 2.86 bits per heavy atom. The minimum absolute atomic E-state index is 0.0233. The van der Waals surface area contributed by atoms with Crippen molar-refractivity contribution in [1.82, 2.24) is 0 Å². The summed E-state index contributed by atoms with van der Waals surface area (Å²) in [6.07, 6.45) is 0.0763. The van der Waals surface area contributed by atoms with Crippen molar-refractivity contribution >= 4 is 21.7 Å². The lowest BCUT2D eigenvalue weighted by Gasteiger charge is -2.02. The van der Waals surface area contributed by atoms with Gasteiger partial charge in [-0.15, -0.1) is 0 Å². The quantitative estimate of drug-likeness (QED) is 0.831. The molecule has 0 saturated heterocycles. The maximum atomic E-state index is 13.2. The molecule has 0 aromatic heterocycles. The van der Waals surface area contributed by atoms with E-state index in [1.165, 1.54) is 13.2 Å². The second kappa shape index (κ2) is 5.22. The zero-order chi connectivity index (χ0) is 10.6. The van der Waals surface area contributed by atoms with Crippen molar-refractivity contribution in [2.45, 2.75) is 6.42 Å². The van der Waals surface area contributed by atoms with E-state index in [9.17, 15) is 9.18 Å². The standard InChI is InChI=1S/C10H10BrFO2/c1-14-6-9(13)4-7-2-3-8(11)5-10(7)12/h2-3,5H,4,6H2,1H3. The summed E-state index contributed by atoms with van der Waals surface area (Å²) in [4.78, 5) is 11.1. The number of benzene rings is 1. The minimum Gasteiger partial charge on any atom is -0.377 e. The number of methoxy groups -OCH3 is 1. The van der Waals surface area contributed by atoms with E-state index < -0.39 is 0 Å². The SMILES string of the molecule is COCC(=O)Cc1ccc(Br)cc1F. The maximum absolute atomic E-state index is 13.2. The predicted octanol–water partition coefficient (Wildman–Crippen LogP) is 2.35. The third-order valence-corrected chi connectivity index (χ3v) is 2.20. The number of carbonyl (C=O) groups excluding carboxylic acids is 1. The molecule has 0 unspecified atom stereocenters. The lowest BCUT2D eigenvalue weighted by Crippen LogP contribution is -2.10. The lowest BCUT2D eigenvalue weighted by atomic mass is 10.1. The molecule has 0 fully saturated rings. The molecule has 0 N–H and O–H groups in total. The summed E-state index contributed by atoms with van der Waals surface area (Å²) in [7, 11) is 1.44. The molecule has 76 valence electrons. The Morgan fingerprint density at radius 1 is 1.57 bits per heavy atom. The first kappa shape index (κ1) is 11.3. The molecule has 0 aliphatic carbocycles. The summed E-state index contributed by atoms with van der Waals surface area (Å²) in [6, 6.07) is 4.64. The van der Waals surface area contributed by atoms with Gasteiger partial charge in [-0.05, 0) is 17.7 Å². The third kappa shape index (κ3) is 3.20. The van der Waals surface area contributed by atoms with Gasteiger partial charge in [-0.25, -0.2) is 4.39 Å². The Hall–Kier alpha value is -0.740. The van der Waals surface area contributed by atoms with Crippen LogP contribution in [0.15, 0.2) is 22.7 Å². The molecular formula is C10H10BrFO2. The molecule has 0 aliphatic rings. The van der Waals surface area contributed by atoms with E-state index in [0.717, 1.165) is 0 Å². The average molecular weight is 261 g/mol. The lowest BCUT2D eigenvalue weighted by molar-refractivity contribution is -0.122. The van der Waals surface area contributed by atoms with E-state index >= 15 is 0 Å². The van der Waals surface area contributed by atoms with Gasteiger partial charge in [0.2, 0.25) is 0 Å². The Labute approximate surface area is 90.2 Å². The molecule has 1 aromatic carbocycles. The van der Waals surface area contributed by atoms with Crippen LogP contribution in [0.1, 0.15) is 5.56 Å². The van der Waals surface area contributed by atoms with E-state index in [-0.39, 0.29) is 24.6 Å². The summed E-state index contributed by atoms with van der Waals surface area (Å²) in [5, 5.41) is 0. The first-order chi connectivity index (χ1) is 6.63. The fourth-order valence-corrected chi connectivity index (χ4v) is 1.42. The Kier molecular flexibility index (Phi) is 4.22. The highest BCUT2D eigenvalue weighted by Gasteiger charge is 2.07. The molecule has 0 bridgehead atoms. The van der Waals surface area contributed by atoms with Gasteiger partial charge < -0.3 is 4.74 Å². The number of ether oxygens (including phenoxy) is 1. The van der Waals surface area contributed by atoms with E-state index in [1.54, 1.807) is 12.1 Å². The van der Waals surface area contributed by atoms with Gasteiger partial charge >= 0.3 is 0 Å². The van der Waals surface area contributed by atoms with Gasteiger partial charge in [0.1, 0.15) is 12.4 Å². The fraction of sp³-hybridized carbons (Fsp3) is 0.300. The topological polar surface area (TPSA) is 26.3 Å². The number of ketones is 1.